The van der Waals surface area contributed by atoms with Crippen molar-refractivity contribution < 1.29 is 35.9 Å². The number of anilines is 1. The van der Waals surface area contributed by atoms with E-state index in [2.05, 4.69) is 15.3 Å². The minimum absolute atomic E-state index is 0.000884. The van der Waals surface area contributed by atoms with Gasteiger partial charge in [0.2, 0.25) is 5.92 Å². The molecule has 2 aliphatic rings. The topological polar surface area (TPSA) is 75.2 Å². The maximum Gasteiger partial charge on any atom is 0.398 e. The third-order valence-corrected chi connectivity index (χ3v) is 7.32. The van der Waals surface area contributed by atoms with Gasteiger partial charge in [-0.05, 0) is 43.9 Å². The van der Waals surface area contributed by atoms with Crippen LogP contribution in [0.15, 0.2) is 43.0 Å². The van der Waals surface area contributed by atoms with Crippen LogP contribution in [0.4, 0.5) is 32.0 Å². The summed E-state index contributed by atoms with van der Waals surface area (Å²) in [5, 5.41) is 2.50. The smallest absolute Gasteiger partial charge is 0.351 e. The van der Waals surface area contributed by atoms with Gasteiger partial charge in [0.25, 0.3) is 17.4 Å². The Morgan fingerprint density at radius 3 is 2.16 bits per heavy atom. The summed E-state index contributed by atoms with van der Waals surface area (Å²) in [6, 6.07) is 3.72. The van der Waals surface area contributed by atoms with Crippen LogP contribution >= 0.6 is 11.6 Å². The quantitative estimate of drug-likeness (QED) is 0.383. The van der Waals surface area contributed by atoms with Crippen molar-refractivity contribution in [3.63, 3.8) is 0 Å². The molecular weight excluding hydrogens is 526 g/mol. The number of hydrogen-bond acceptors (Lipinski definition) is 4. The highest BCUT2D eigenvalue weighted by atomic mass is 35.5. The first-order valence-corrected chi connectivity index (χ1v) is 11.9. The molecule has 200 valence electrons. The predicted octanol–water partition coefficient (Wildman–Crippen LogP) is 5.16. The molecule has 2 aromatic rings. The summed E-state index contributed by atoms with van der Waals surface area (Å²) in [6.07, 6.45) is -2.24. The fourth-order valence-electron chi connectivity index (χ4n) is 4.81. The lowest BCUT2D eigenvalue weighted by molar-refractivity contribution is -0.160. The molecule has 0 aliphatic heterocycles. The van der Waals surface area contributed by atoms with E-state index in [1.807, 2.05) is 0 Å². The summed E-state index contributed by atoms with van der Waals surface area (Å²) < 4.78 is 82.5. The van der Waals surface area contributed by atoms with Crippen LogP contribution in [-0.2, 0) is 20.5 Å². The van der Waals surface area contributed by atoms with Gasteiger partial charge in [0.15, 0.2) is 5.54 Å². The highest BCUT2D eigenvalue weighted by molar-refractivity contribution is 6.32. The Morgan fingerprint density at radius 1 is 1.11 bits per heavy atom. The Labute approximate surface area is 213 Å². The van der Waals surface area contributed by atoms with E-state index in [9.17, 15) is 35.9 Å². The predicted molar refractivity (Wildman–Crippen MR) is 122 cm³/mol. The molecule has 0 saturated heterocycles. The molecule has 2 fully saturated rings. The molecule has 2 aliphatic carbocycles. The van der Waals surface area contributed by atoms with E-state index in [1.165, 1.54) is 19.3 Å². The fourth-order valence-corrected chi connectivity index (χ4v) is 4.90. The van der Waals surface area contributed by atoms with Gasteiger partial charge in [0.05, 0.1) is 5.41 Å². The first kappa shape index (κ1) is 27.2. The molecule has 1 aromatic heterocycles. The van der Waals surface area contributed by atoms with Crippen LogP contribution < -0.4 is 10.2 Å². The van der Waals surface area contributed by atoms with Gasteiger partial charge in [0.1, 0.15) is 6.33 Å². The molecule has 0 spiro atoms. The van der Waals surface area contributed by atoms with Crippen LogP contribution in [0.1, 0.15) is 50.2 Å². The number of carbonyl (C=O) groups is 2. The van der Waals surface area contributed by atoms with Gasteiger partial charge in [0, 0.05) is 42.5 Å². The van der Waals surface area contributed by atoms with E-state index in [0.29, 0.717) is 4.90 Å². The summed E-state index contributed by atoms with van der Waals surface area (Å²) in [4.78, 5) is 35.1. The summed E-state index contributed by atoms with van der Waals surface area (Å²) in [7, 11) is 0. The van der Waals surface area contributed by atoms with Crippen molar-refractivity contribution in [1.29, 1.82) is 0 Å². The van der Waals surface area contributed by atoms with Crippen molar-refractivity contribution in [2.75, 3.05) is 4.90 Å². The monoisotopic (exact) mass is 548 g/mol. The van der Waals surface area contributed by atoms with E-state index in [0.717, 1.165) is 30.6 Å². The van der Waals surface area contributed by atoms with E-state index >= 15 is 0 Å². The molecule has 37 heavy (non-hydrogen) atoms. The number of aromatic nitrogens is 2. The third-order valence-electron chi connectivity index (χ3n) is 7.13. The van der Waals surface area contributed by atoms with Gasteiger partial charge < -0.3 is 5.32 Å². The number of benzene rings is 1. The standard InChI is InChI=1S/C24H23ClF6N4O2/c1-21(15-11-32-13-33-12-15,20(37)34-16-6-7-23(27,28)10-16)35(19(36)18(25)26)17-4-2-14(3-5-17)22(8-9-22)24(29,30)31/h2-5,11-13,16,18H,6-10H2,1H3,(H,34,37)/t16-,18-,21-/m0/s1. The van der Waals surface area contributed by atoms with Gasteiger partial charge >= 0.3 is 6.18 Å². The summed E-state index contributed by atoms with van der Waals surface area (Å²) >= 11 is 5.48. The van der Waals surface area contributed by atoms with Gasteiger partial charge in [-0.15, -0.1) is 0 Å². The second-order valence-corrected chi connectivity index (χ2v) is 9.95. The summed E-state index contributed by atoms with van der Waals surface area (Å²) in [6.45, 7) is 1.23. The van der Waals surface area contributed by atoms with E-state index in [1.54, 1.807) is 0 Å². The normalized spacial score (nSPS) is 22.5. The van der Waals surface area contributed by atoms with Crippen LogP contribution in [0.3, 0.4) is 0 Å². The van der Waals surface area contributed by atoms with Crippen molar-refractivity contribution in [1.82, 2.24) is 15.3 Å². The van der Waals surface area contributed by atoms with Crippen LogP contribution in [0.25, 0.3) is 0 Å². The summed E-state index contributed by atoms with van der Waals surface area (Å²) in [5.74, 6) is -5.30. The highest BCUT2D eigenvalue weighted by Crippen LogP contribution is 2.59. The molecule has 0 radical (unpaired) electrons. The number of halogens is 7. The number of alkyl halides is 7. The molecule has 1 N–H and O–H groups in total. The molecule has 2 amide bonds. The molecular formula is C24H23ClF6N4O2. The zero-order valence-corrected chi connectivity index (χ0v) is 20.3. The summed E-state index contributed by atoms with van der Waals surface area (Å²) in [5.41, 5.74) is -6.90. The van der Waals surface area contributed by atoms with Crippen molar-refractivity contribution in [3.05, 3.63) is 54.1 Å². The Hall–Kier alpha value is -2.89. The van der Waals surface area contributed by atoms with Gasteiger partial charge in [-0.25, -0.2) is 23.1 Å². The van der Waals surface area contributed by atoms with Crippen molar-refractivity contribution in [3.8, 4) is 0 Å². The largest absolute Gasteiger partial charge is 0.398 e. The van der Waals surface area contributed by atoms with Crippen molar-refractivity contribution in [2.24, 2.45) is 0 Å². The Kier molecular flexibility index (Phi) is 6.93. The third kappa shape index (κ3) is 4.99. The van der Waals surface area contributed by atoms with E-state index in [4.69, 9.17) is 11.6 Å². The van der Waals surface area contributed by atoms with Crippen LogP contribution in [0, 0.1) is 0 Å². The number of nitrogens with one attached hydrogen (secondary N) is 1. The molecule has 6 nitrogen and oxygen atoms in total. The zero-order chi connectivity index (χ0) is 27.2. The minimum Gasteiger partial charge on any atom is -0.351 e. The molecule has 1 aromatic carbocycles. The van der Waals surface area contributed by atoms with Gasteiger partial charge in [-0.3, -0.25) is 14.5 Å². The molecule has 1 heterocycles. The minimum atomic E-state index is -4.48. The molecule has 3 atom stereocenters. The Morgan fingerprint density at radius 2 is 1.70 bits per heavy atom. The lowest BCUT2D eigenvalue weighted by Gasteiger charge is -2.40. The number of rotatable bonds is 7. The van der Waals surface area contributed by atoms with Crippen LogP contribution in [-0.4, -0.2) is 45.6 Å². The number of amides is 2. The lowest BCUT2D eigenvalue weighted by Crippen LogP contribution is -2.59. The number of nitrogens with zero attached hydrogens (tertiary/aromatic N) is 3. The zero-order valence-electron chi connectivity index (χ0n) is 19.5. The second-order valence-electron chi connectivity index (χ2n) is 9.57. The van der Waals surface area contributed by atoms with Gasteiger partial charge in [-0.2, -0.15) is 13.2 Å². The lowest BCUT2D eigenvalue weighted by atomic mass is 9.88. The number of carbonyl (C=O) groups excluding carboxylic acids is 2. The Balaban J connectivity index is 1.77. The molecule has 0 unspecified atom stereocenters. The SMILES string of the molecule is C[C@@](C(=O)N[C@H]1CCC(F)(F)C1)(c1cncnc1)N(C(=O)[C@H](F)Cl)c1ccc(C2(C(F)(F)F)CC2)cc1. The molecule has 13 heteroatoms. The van der Waals surface area contributed by atoms with Crippen LogP contribution in [0.2, 0.25) is 0 Å². The number of hydrogen-bond donors (Lipinski definition) is 1. The fraction of sp³-hybridized carbons (Fsp3) is 0.500. The molecule has 2 saturated carbocycles. The van der Waals surface area contributed by atoms with Gasteiger partial charge in [-0.1, -0.05) is 23.7 Å². The van der Waals surface area contributed by atoms with E-state index < -0.39 is 59.4 Å². The maximum atomic E-state index is 14.2. The maximum absolute atomic E-state index is 14.2. The molecule has 0 bridgehead atoms. The van der Waals surface area contributed by atoms with Crippen molar-refractivity contribution >= 4 is 29.1 Å². The average molecular weight is 549 g/mol. The van der Waals surface area contributed by atoms with Crippen LogP contribution in [0.5, 0.6) is 0 Å². The first-order chi connectivity index (χ1) is 17.2. The van der Waals surface area contributed by atoms with Crippen molar-refractivity contribution in [2.45, 2.75) is 73.8 Å². The second kappa shape index (κ2) is 9.45. The van der Waals surface area contributed by atoms with E-state index in [-0.39, 0.29) is 36.1 Å². The Bertz CT molecular complexity index is 1160. The average Bonchev–Trinajstić information content (AvgIpc) is 3.59. The molecule has 4 rings (SSSR count). The first-order valence-electron chi connectivity index (χ1n) is 11.4. The highest BCUT2D eigenvalue weighted by Gasteiger charge is 2.64.